The third-order valence-electron chi connectivity index (χ3n) is 2.88. The van der Waals surface area contributed by atoms with E-state index in [4.69, 9.17) is 16.7 Å². The minimum Gasteiger partial charge on any atom is -0.480 e. The average molecular weight is 329 g/mol. The van der Waals surface area contributed by atoms with Gasteiger partial charge in [0.15, 0.2) is 17.5 Å². The lowest BCUT2D eigenvalue weighted by Gasteiger charge is -2.04. The van der Waals surface area contributed by atoms with Gasteiger partial charge in [0.25, 0.3) is 0 Å². The lowest BCUT2D eigenvalue weighted by atomic mass is 10.3. The Morgan fingerprint density at radius 2 is 2.05 bits per heavy atom. The minimum absolute atomic E-state index is 0.190. The molecule has 0 radical (unpaired) electrons. The second kappa shape index (κ2) is 5.09. The number of halogens is 3. The second-order valence-corrected chi connectivity index (χ2v) is 5.99. The zero-order chi connectivity index (χ0) is 15.1. The number of aliphatic carboxylic acids is 1. The molecule has 2 heterocycles. The first-order valence-corrected chi connectivity index (χ1v) is 6.98. The number of fused-ring (bicyclic) bond motifs is 1. The molecular weight excluding hydrogens is 322 g/mol. The third kappa shape index (κ3) is 2.50. The third-order valence-corrected chi connectivity index (χ3v) is 4.10. The number of hydrogen-bond donors (Lipinski definition) is 1. The number of rotatable bonds is 3. The fourth-order valence-corrected chi connectivity index (χ4v) is 3.08. The first kappa shape index (κ1) is 14.0. The van der Waals surface area contributed by atoms with Crippen LogP contribution in [0.15, 0.2) is 24.3 Å². The molecule has 0 bridgehead atoms. The summed E-state index contributed by atoms with van der Waals surface area (Å²) < 4.78 is 28.5. The second-order valence-electron chi connectivity index (χ2n) is 4.27. The van der Waals surface area contributed by atoms with E-state index in [9.17, 15) is 13.6 Å². The monoisotopic (exact) mass is 328 g/mol. The molecule has 0 atom stereocenters. The highest BCUT2D eigenvalue weighted by Gasteiger charge is 2.18. The van der Waals surface area contributed by atoms with E-state index in [1.165, 1.54) is 15.9 Å². The molecule has 0 saturated carbocycles. The van der Waals surface area contributed by atoms with E-state index in [1.807, 2.05) is 0 Å². The number of benzene rings is 1. The summed E-state index contributed by atoms with van der Waals surface area (Å²) in [5.41, 5.74) is 0.408. The van der Waals surface area contributed by atoms with Crippen molar-refractivity contribution in [1.29, 1.82) is 0 Å². The van der Waals surface area contributed by atoms with Gasteiger partial charge in [-0.25, -0.2) is 13.8 Å². The van der Waals surface area contributed by atoms with Gasteiger partial charge in [0.05, 0.1) is 20.2 Å². The van der Waals surface area contributed by atoms with Crippen LogP contribution < -0.4 is 0 Å². The van der Waals surface area contributed by atoms with E-state index in [-0.39, 0.29) is 11.0 Å². The maximum Gasteiger partial charge on any atom is 0.323 e. The van der Waals surface area contributed by atoms with Gasteiger partial charge < -0.3 is 9.67 Å². The maximum absolute atomic E-state index is 13.4. The van der Waals surface area contributed by atoms with Crippen molar-refractivity contribution in [1.82, 2.24) is 9.55 Å². The van der Waals surface area contributed by atoms with Crippen LogP contribution in [-0.4, -0.2) is 20.6 Å². The van der Waals surface area contributed by atoms with Crippen LogP contribution in [0.5, 0.6) is 0 Å². The predicted molar refractivity (Wildman–Crippen MR) is 75.6 cm³/mol. The number of aromatic nitrogens is 2. The maximum atomic E-state index is 13.4. The van der Waals surface area contributed by atoms with Gasteiger partial charge in [0, 0.05) is 12.1 Å². The van der Waals surface area contributed by atoms with Crippen LogP contribution in [0.3, 0.4) is 0 Å². The molecule has 0 unspecified atom stereocenters. The SMILES string of the molecule is O=C(O)Cn1c(-c2ccc(Cl)s2)nc2cc(F)c(F)cc21. The van der Waals surface area contributed by atoms with Gasteiger partial charge in [-0.1, -0.05) is 11.6 Å². The van der Waals surface area contributed by atoms with Crippen LogP contribution >= 0.6 is 22.9 Å². The first-order chi connectivity index (χ1) is 9.95. The molecule has 4 nitrogen and oxygen atoms in total. The van der Waals surface area contributed by atoms with Crippen molar-refractivity contribution < 1.29 is 18.7 Å². The summed E-state index contributed by atoms with van der Waals surface area (Å²) in [5.74, 6) is -2.87. The van der Waals surface area contributed by atoms with E-state index in [0.29, 0.717) is 15.0 Å². The van der Waals surface area contributed by atoms with Gasteiger partial charge in [0.1, 0.15) is 6.54 Å². The normalized spacial score (nSPS) is 11.2. The molecule has 8 heteroatoms. The molecule has 21 heavy (non-hydrogen) atoms. The number of carboxylic acid groups (broad SMARTS) is 1. The van der Waals surface area contributed by atoms with E-state index in [1.54, 1.807) is 12.1 Å². The number of carboxylic acids is 1. The summed E-state index contributed by atoms with van der Waals surface area (Å²) in [6.07, 6.45) is 0. The van der Waals surface area contributed by atoms with Gasteiger partial charge in [-0.05, 0) is 12.1 Å². The minimum atomic E-state index is -1.11. The van der Waals surface area contributed by atoms with Crippen LogP contribution in [0.2, 0.25) is 4.34 Å². The van der Waals surface area contributed by atoms with Crippen molar-refractivity contribution in [3.63, 3.8) is 0 Å². The molecule has 3 aromatic rings. The van der Waals surface area contributed by atoms with E-state index in [2.05, 4.69) is 4.98 Å². The van der Waals surface area contributed by atoms with Crippen molar-refractivity contribution in [2.75, 3.05) is 0 Å². The summed E-state index contributed by atoms with van der Waals surface area (Å²) in [6.45, 7) is -0.410. The Hall–Kier alpha value is -1.99. The molecule has 0 fully saturated rings. The van der Waals surface area contributed by atoms with Crippen molar-refractivity contribution in [2.45, 2.75) is 6.54 Å². The van der Waals surface area contributed by atoms with Crippen LogP contribution in [0.25, 0.3) is 21.7 Å². The van der Waals surface area contributed by atoms with Crippen LogP contribution in [0, 0.1) is 11.6 Å². The lowest BCUT2D eigenvalue weighted by molar-refractivity contribution is -0.137. The molecule has 1 aromatic carbocycles. The average Bonchev–Trinajstić information content (AvgIpc) is 2.95. The van der Waals surface area contributed by atoms with Crippen LogP contribution in [-0.2, 0) is 11.3 Å². The molecule has 108 valence electrons. The Kier molecular flexibility index (Phi) is 3.38. The number of carbonyl (C=O) groups is 1. The molecule has 2 aromatic heterocycles. The molecule has 0 aliphatic rings. The van der Waals surface area contributed by atoms with Crippen molar-refractivity contribution in [3.8, 4) is 10.7 Å². The Balaban J connectivity index is 2.29. The highest BCUT2D eigenvalue weighted by atomic mass is 35.5. The fraction of sp³-hybridized carbons (Fsp3) is 0.0769. The zero-order valence-corrected chi connectivity index (χ0v) is 11.9. The number of imidazole rings is 1. The first-order valence-electron chi connectivity index (χ1n) is 5.78. The largest absolute Gasteiger partial charge is 0.480 e. The molecule has 0 aliphatic carbocycles. The van der Waals surface area contributed by atoms with Gasteiger partial charge >= 0.3 is 5.97 Å². The fourth-order valence-electron chi connectivity index (χ4n) is 2.04. The number of thiophene rings is 1. The summed E-state index contributed by atoms with van der Waals surface area (Å²) in [5, 5.41) is 9.01. The highest BCUT2D eigenvalue weighted by Crippen LogP contribution is 2.33. The Morgan fingerprint density at radius 3 is 2.67 bits per heavy atom. The zero-order valence-electron chi connectivity index (χ0n) is 10.3. The van der Waals surface area contributed by atoms with E-state index < -0.39 is 24.1 Å². The van der Waals surface area contributed by atoms with Crippen LogP contribution in [0.1, 0.15) is 0 Å². The number of hydrogen-bond acceptors (Lipinski definition) is 3. The topological polar surface area (TPSA) is 55.1 Å². The summed E-state index contributed by atoms with van der Waals surface area (Å²) in [6, 6.07) is 5.22. The smallest absolute Gasteiger partial charge is 0.323 e. The molecule has 0 amide bonds. The Bertz CT molecular complexity index is 859. The Labute approximate surface area is 126 Å². The van der Waals surface area contributed by atoms with Gasteiger partial charge in [-0.3, -0.25) is 4.79 Å². The standard InChI is InChI=1S/C13H7ClF2N2O2S/c14-11-2-1-10(21-11)13-17-8-3-6(15)7(16)4-9(8)18(13)5-12(19)20/h1-4H,5H2,(H,19,20). The van der Waals surface area contributed by atoms with Crippen molar-refractivity contribution in [2.24, 2.45) is 0 Å². The highest BCUT2D eigenvalue weighted by molar-refractivity contribution is 7.19. The summed E-state index contributed by atoms with van der Waals surface area (Å²) in [7, 11) is 0. The van der Waals surface area contributed by atoms with Gasteiger partial charge in [-0.15, -0.1) is 11.3 Å². The molecule has 3 rings (SSSR count). The molecule has 1 N–H and O–H groups in total. The van der Waals surface area contributed by atoms with E-state index in [0.717, 1.165) is 12.1 Å². The van der Waals surface area contributed by atoms with Gasteiger partial charge in [0.2, 0.25) is 0 Å². The van der Waals surface area contributed by atoms with Crippen molar-refractivity contribution >= 4 is 39.9 Å². The Morgan fingerprint density at radius 1 is 1.33 bits per heavy atom. The predicted octanol–water partition coefficient (Wildman–Crippen LogP) is 3.78. The molecule has 0 spiro atoms. The van der Waals surface area contributed by atoms with Gasteiger partial charge in [-0.2, -0.15) is 0 Å². The number of nitrogens with zero attached hydrogens (tertiary/aromatic N) is 2. The summed E-state index contributed by atoms with van der Waals surface area (Å²) >= 11 is 7.07. The van der Waals surface area contributed by atoms with E-state index >= 15 is 0 Å². The van der Waals surface area contributed by atoms with Crippen LogP contribution in [0.4, 0.5) is 8.78 Å². The summed E-state index contributed by atoms with van der Waals surface area (Å²) in [4.78, 5) is 15.8. The molecule has 0 aliphatic heterocycles. The van der Waals surface area contributed by atoms with Crippen molar-refractivity contribution in [3.05, 3.63) is 40.2 Å². The lowest BCUT2D eigenvalue weighted by Crippen LogP contribution is -2.09. The molecule has 0 saturated heterocycles. The quantitative estimate of drug-likeness (QED) is 0.796. The molecular formula is C13H7ClF2N2O2S.